The van der Waals surface area contributed by atoms with Crippen molar-refractivity contribution in [2.75, 3.05) is 0 Å². The third-order valence-electron chi connectivity index (χ3n) is 3.16. The Labute approximate surface area is 208 Å². The van der Waals surface area contributed by atoms with Crippen LogP contribution in [0, 0.1) is 0 Å². The van der Waals surface area contributed by atoms with Gasteiger partial charge in [-0.25, -0.2) is 0 Å². The molecule has 0 aliphatic heterocycles. The molecule has 0 spiro atoms. The Morgan fingerprint density at radius 3 is 0.516 bits per heavy atom. The molecule has 0 aliphatic rings. The topological polar surface area (TPSA) is 85.3 Å². The third kappa shape index (κ3) is 108. The molecule has 0 rings (SSSR count). The van der Waals surface area contributed by atoms with Gasteiger partial charge < -0.3 is 24.0 Å². The van der Waals surface area contributed by atoms with Crippen LogP contribution in [0.15, 0.2) is 0 Å². The quantitative estimate of drug-likeness (QED) is 0.142. The maximum Gasteiger partial charge on any atom is 5.00 e. The van der Waals surface area contributed by atoms with Gasteiger partial charge in [0.2, 0.25) is 0 Å². The van der Waals surface area contributed by atoms with Crippen LogP contribution in [-0.4, -0.2) is 31.4 Å². The van der Waals surface area contributed by atoms with Crippen molar-refractivity contribution in [2.45, 2.75) is 131 Å². The summed E-state index contributed by atoms with van der Waals surface area (Å²) in [6, 6.07) is 0. The van der Waals surface area contributed by atoms with Crippen LogP contribution >= 0.6 is 0 Å². The van der Waals surface area contributed by atoms with Crippen molar-refractivity contribution in [2.24, 2.45) is 0 Å². The van der Waals surface area contributed by atoms with Gasteiger partial charge in [-0.1, -0.05) is 98.8 Å². The largest absolute Gasteiger partial charge is 5.00 e. The molecule has 0 fully saturated rings. The third-order valence-corrected chi connectivity index (χ3v) is 3.16. The Kier molecular flexibility index (Phi) is 89.1. The average molecular weight is 519 g/mol. The van der Waals surface area contributed by atoms with E-state index in [1.54, 1.807) is 0 Å². The molecular formula is C25H45NbO5. The molecule has 5 nitrogen and oxygen atoms in total. The van der Waals surface area contributed by atoms with E-state index in [0.29, 0.717) is 32.1 Å². The number of unbranched alkanes of at least 4 members (excludes halogenated alkanes) is 10. The fourth-order valence-electron chi connectivity index (χ4n) is 1.24. The monoisotopic (exact) mass is 518 g/mol. The molecule has 0 aromatic heterocycles. The van der Waals surface area contributed by atoms with Crippen LogP contribution in [0.4, 0.5) is 0 Å². The van der Waals surface area contributed by atoms with Gasteiger partial charge in [0.05, 0.1) is 0 Å². The number of hydrogen-bond acceptors (Lipinski definition) is 5. The van der Waals surface area contributed by atoms with Gasteiger partial charge in [0, 0.05) is 0 Å². The van der Waals surface area contributed by atoms with E-state index in [9.17, 15) is 24.0 Å². The van der Waals surface area contributed by atoms with Crippen LogP contribution in [0.2, 0.25) is 0 Å². The van der Waals surface area contributed by atoms with Crippen LogP contribution in [0.5, 0.6) is 0 Å². The minimum absolute atomic E-state index is 0. The van der Waals surface area contributed by atoms with Crippen molar-refractivity contribution in [1.29, 1.82) is 0 Å². The molecule has 0 radical (unpaired) electrons. The maximum atomic E-state index is 9.44. The van der Waals surface area contributed by atoms with E-state index in [1.165, 1.54) is 0 Å². The summed E-state index contributed by atoms with van der Waals surface area (Å²) in [4.78, 5) is 47.2. The van der Waals surface area contributed by atoms with Crippen LogP contribution in [0.3, 0.4) is 0 Å². The minimum Gasteiger partial charge on any atom is -0.542 e. The second kappa shape index (κ2) is 63.0. The molecule has 180 valence electrons. The molecule has 31 heavy (non-hydrogen) atoms. The Bertz CT molecular complexity index is 241. The second-order valence-corrected chi connectivity index (χ2v) is 6.24. The van der Waals surface area contributed by atoms with E-state index in [-0.39, 0.29) is 22.4 Å². The second-order valence-electron chi connectivity index (χ2n) is 6.24. The molecule has 0 aromatic carbocycles. The van der Waals surface area contributed by atoms with Crippen molar-refractivity contribution in [3.05, 3.63) is 0 Å². The molecule has 6 heteroatoms. The zero-order valence-electron chi connectivity index (χ0n) is 20.6. The Morgan fingerprint density at radius 2 is 0.484 bits per heavy atom. The predicted molar refractivity (Wildman–Crippen MR) is 126 cm³/mol. The summed E-state index contributed by atoms with van der Waals surface area (Å²) in [7, 11) is 0. The number of hydrogen-bond donors (Lipinski definition) is 0. The molecule has 0 atom stereocenters. The van der Waals surface area contributed by atoms with Crippen molar-refractivity contribution >= 4 is 31.4 Å². The van der Waals surface area contributed by atoms with E-state index < -0.39 is 0 Å². The van der Waals surface area contributed by atoms with Gasteiger partial charge in [-0.15, -0.1) is 0 Å². The zero-order valence-corrected chi connectivity index (χ0v) is 22.8. The van der Waals surface area contributed by atoms with Gasteiger partial charge >= 0.3 is 22.4 Å². The van der Waals surface area contributed by atoms with E-state index in [2.05, 4.69) is 34.6 Å². The maximum absolute atomic E-state index is 9.44. The summed E-state index contributed by atoms with van der Waals surface area (Å²) >= 11 is 0. The standard InChI is InChI=1S/5C5H9O.Nb/c5*1-2-3-4-5-6;/h5*2-4H2,1H3;/q5*-1;+5. The summed E-state index contributed by atoms with van der Waals surface area (Å²) < 4.78 is 0. The molecule has 0 saturated heterocycles. The molecule has 0 amide bonds. The van der Waals surface area contributed by atoms with Crippen LogP contribution in [0.25, 0.3) is 0 Å². The molecular weight excluding hydrogens is 473 g/mol. The molecule has 0 bridgehead atoms. The van der Waals surface area contributed by atoms with Crippen LogP contribution in [0.1, 0.15) is 131 Å². The molecule has 0 saturated carbocycles. The Morgan fingerprint density at radius 1 is 0.355 bits per heavy atom. The van der Waals surface area contributed by atoms with E-state index in [0.717, 1.165) is 64.2 Å². The molecule has 0 unspecified atom stereocenters. The zero-order chi connectivity index (χ0) is 24.1. The molecule has 0 aromatic rings. The van der Waals surface area contributed by atoms with E-state index in [4.69, 9.17) is 0 Å². The molecule has 0 aliphatic carbocycles. The predicted octanol–water partition coefficient (Wildman–Crippen LogP) is 6.43. The van der Waals surface area contributed by atoms with Gasteiger partial charge in [-0.3, -0.25) is 31.4 Å². The SMILES string of the molecule is CCCC[C-]=O.CCCC[C-]=O.CCCC[C-]=O.CCCC[C-]=O.CCCC[C-]=O.[Nb+5]. The number of carbonyl (C=O) groups excluding carboxylic acids is 5. The molecule has 0 heterocycles. The van der Waals surface area contributed by atoms with Gasteiger partial charge in [-0.05, 0) is 0 Å². The summed E-state index contributed by atoms with van der Waals surface area (Å²) in [6.07, 6.45) is 22.5. The van der Waals surface area contributed by atoms with Gasteiger partial charge in [0.15, 0.2) is 0 Å². The normalized spacial score (nSPS) is 7.90. The first kappa shape index (κ1) is 43.9. The first-order valence-corrected chi connectivity index (χ1v) is 11.3. The first-order chi connectivity index (χ1) is 14.6. The smallest absolute Gasteiger partial charge is 0.542 e. The Balaban J connectivity index is -0.0000000625. The van der Waals surface area contributed by atoms with Crippen molar-refractivity contribution in [1.82, 2.24) is 0 Å². The van der Waals surface area contributed by atoms with Crippen molar-refractivity contribution in [3.8, 4) is 0 Å². The molecule has 0 N–H and O–H groups in total. The van der Waals surface area contributed by atoms with Crippen molar-refractivity contribution < 1.29 is 46.4 Å². The van der Waals surface area contributed by atoms with Gasteiger partial charge in [-0.2, -0.15) is 32.1 Å². The summed E-state index contributed by atoms with van der Waals surface area (Å²) in [5, 5.41) is 0. The fourth-order valence-corrected chi connectivity index (χ4v) is 1.24. The van der Waals surface area contributed by atoms with Crippen LogP contribution in [-0.2, 0) is 46.4 Å². The van der Waals surface area contributed by atoms with Crippen LogP contribution < -0.4 is 0 Å². The first-order valence-electron chi connectivity index (χ1n) is 11.3. The summed E-state index contributed by atoms with van der Waals surface area (Å²) in [5.41, 5.74) is 0. The summed E-state index contributed by atoms with van der Waals surface area (Å²) in [5.74, 6) is 0. The minimum atomic E-state index is 0. The van der Waals surface area contributed by atoms with Gasteiger partial charge in [0.1, 0.15) is 0 Å². The van der Waals surface area contributed by atoms with Gasteiger partial charge in [0.25, 0.3) is 0 Å². The average Bonchev–Trinajstić information content (AvgIpc) is 2.78. The fraction of sp³-hybridized carbons (Fsp3) is 0.800. The Hall–Kier alpha value is -0.910. The number of rotatable bonds is 15. The van der Waals surface area contributed by atoms with E-state index >= 15 is 0 Å². The van der Waals surface area contributed by atoms with E-state index in [1.807, 2.05) is 31.4 Å². The van der Waals surface area contributed by atoms with Crippen molar-refractivity contribution in [3.63, 3.8) is 0 Å². The summed E-state index contributed by atoms with van der Waals surface area (Å²) in [6.45, 7) is 10.3.